The number of urea groups is 1. The van der Waals surface area contributed by atoms with Crippen molar-refractivity contribution in [2.24, 2.45) is 15.0 Å². The number of fused-ring (bicyclic) bond motifs is 1. The molecule has 11 nitrogen and oxygen atoms in total. The Morgan fingerprint density at radius 1 is 0.906 bits per heavy atom. The molecule has 53 heavy (non-hydrogen) atoms. The van der Waals surface area contributed by atoms with Crippen molar-refractivity contribution in [1.29, 1.82) is 0 Å². The number of amidine groups is 1. The number of carbonyl (C=O) groups is 1. The molecule has 0 spiro atoms. The van der Waals surface area contributed by atoms with Gasteiger partial charge in [-0.15, -0.1) is 0 Å². The first-order valence-electron chi connectivity index (χ1n) is 17.6. The number of carbonyl (C=O) groups excluding carboxylic acids is 1. The molecule has 3 aromatic rings. The average Bonchev–Trinajstić information content (AvgIpc) is 3.75. The summed E-state index contributed by atoms with van der Waals surface area (Å²) >= 11 is 0. The molecule has 280 valence electrons. The van der Waals surface area contributed by atoms with Crippen LogP contribution in [0.25, 0.3) is 0 Å². The van der Waals surface area contributed by atoms with Crippen LogP contribution in [0.1, 0.15) is 49.9 Å². The third-order valence-electron chi connectivity index (χ3n) is 9.50. The first kappa shape index (κ1) is 38.6. The summed E-state index contributed by atoms with van der Waals surface area (Å²) in [5.74, 6) is 1.55. The Morgan fingerprint density at radius 2 is 1.57 bits per heavy atom. The van der Waals surface area contributed by atoms with Gasteiger partial charge >= 0.3 is 6.03 Å². The van der Waals surface area contributed by atoms with E-state index in [1.165, 1.54) is 6.21 Å². The zero-order valence-electron chi connectivity index (χ0n) is 31.2. The molecule has 1 saturated heterocycles. The number of hydrogen-bond donors (Lipinski definition) is 0. The van der Waals surface area contributed by atoms with Crippen LogP contribution < -0.4 is 9.47 Å². The van der Waals surface area contributed by atoms with Crippen molar-refractivity contribution < 1.29 is 37.2 Å². The normalized spacial score (nSPS) is 22.8. The highest BCUT2D eigenvalue weighted by Gasteiger charge is 2.53. The molecule has 0 aliphatic carbocycles. The molecular weight excluding hydrogens is 698 g/mol. The molecule has 6 rings (SSSR count). The van der Waals surface area contributed by atoms with Crippen molar-refractivity contribution >= 4 is 32.3 Å². The maximum absolute atomic E-state index is 17.2. The molecule has 3 aliphatic rings. The quantitative estimate of drug-likeness (QED) is 0.115. The molecule has 13 heteroatoms. The summed E-state index contributed by atoms with van der Waals surface area (Å²) in [5, 5.41) is 0. The molecule has 0 bridgehead atoms. The number of allylic oxidation sites excluding steroid dienone is 1. The standard InChI is InChI=1S/C40H46FN4O7P/c1-24(2)45(25(3)4)53(49-8)52-36-33(51-37(34(36)41)35-31-20-21-42-38(31)44-39(46)43-35)23-50-40(27-12-10-9-11-13-27,28-14-16-29(47-6)17-15-28)32-19-18-30(48-7)22-26(32)5/h9-22,24-25,33-34,36-37H,23H2,1-8H3/t33-,34-,36+,37?,40?,53?/m1/s1. The monoisotopic (exact) mass is 744 g/mol. The van der Waals surface area contributed by atoms with Crippen LogP contribution in [0.5, 0.6) is 11.5 Å². The second-order valence-corrected chi connectivity index (χ2v) is 15.0. The number of benzene rings is 3. The number of hydrogen-bond acceptors (Lipinski definition) is 9. The number of alkyl halides is 1. The second-order valence-electron chi connectivity index (χ2n) is 13.4. The second kappa shape index (κ2) is 16.5. The Bertz CT molecular complexity index is 1890. The van der Waals surface area contributed by atoms with Crippen LogP contribution in [-0.4, -0.2) is 93.0 Å². The number of methoxy groups -OCH3 is 2. The van der Waals surface area contributed by atoms with Crippen LogP contribution in [0.15, 0.2) is 99.4 Å². The van der Waals surface area contributed by atoms with E-state index in [0.717, 1.165) is 22.3 Å². The molecule has 0 saturated carbocycles. The lowest BCUT2D eigenvalue weighted by atomic mass is 9.78. The van der Waals surface area contributed by atoms with Gasteiger partial charge in [0.2, 0.25) is 0 Å². The van der Waals surface area contributed by atoms with Gasteiger partial charge in [0.1, 0.15) is 35.4 Å². The van der Waals surface area contributed by atoms with E-state index in [1.807, 2.05) is 107 Å². The molecule has 3 aromatic carbocycles. The van der Waals surface area contributed by atoms with Crippen LogP contribution in [-0.2, 0) is 24.1 Å². The number of amides is 2. The van der Waals surface area contributed by atoms with E-state index in [0.29, 0.717) is 17.1 Å². The largest absolute Gasteiger partial charge is 0.497 e. The molecule has 0 aromatic heterocycles. The van der Waals surface area contributed by atoms with Crippen molar-refractivity contribution in [3.63, 3.8) is 0 Å². The van der Waals surface area contributed by atoms with Gasteiger partial charge in [-0.1, -0.05) is 48.5 Å². The molecule has 3 heterocycles. The van der Waals surface area contributed by atoms with Gasteiger partial charge in [0, 0.05) is 31.0 Å². The van der Waals surface area contributed by atoms with Crippen LogP contribution >= 0.6 is 8.53 Å². The summed E-state index contributed by atoms with van der Waals surface area (Å²) in [7, 11) is 3.05. The summed E-state index contributed by atoms with van der Waals surface area (Å²) in [5.41, 5.74) is 2.74. The van der Waals surface area contributed by atoms with Gasteiger partial charge in [-0.25, -0.2) is 18.8 Å². The van der Waals surface area contributed by atoms with Gasteiger partial charge in [-0.3, -0.25) is 0 Å². The number of halogens is 1. The van der Waals surface area contributed by atoms with Crippen LogP contribution in [0, 0.1) is 6.92 Å². The number of aliphatic imine (C=N–C) groups is 3. The van der Waals surface area contributed by atoms with Gasteiger partial charge < -0.3 is 28.0 Å². The van der Waals surface area contributed by atoms with E-state index in [4.69, 9.17) is 28.0 Å². The minimum Gasteiger partial charge on any atom is -0.497 e. The van der Waals surface area contributed by atoms with E-state index in [9.17, 15) is 4.79 Å². The lowest BCUT2D eigenvalue weighted by Gasteiger charge is -2.39. The Morgan fingerprint density at radius 3 is 2.19 bits per heavy atom. The molecule has 3 aliphatic heterocycles. The zero-order valence-corrected chi connectivity index (χ0v) is 32.1. The van der Waals surface area contributed by atoms with Crippen LogP contribution in [0.4, 0.5) is 9.18 Å². The molecule has 0 radical (unpaired) electrons. The molecule has 1 fully saturated rings. The average molecular weight is 745 g/mol. The summed E-state index contributed by atoms with van der Waals surface area (Å²) in [4.78, 5) is 24.8. The molecule has 3 unspecified atom stereocenters. The fourth-order valence-corrected chi connectivity index (χ4v) is 8.76. The van der Waals surface area contributed by atoms with E-state index in [-0.39, 0.29) is 30.2 Å². The number of rotatable bonds is 15. The van der Waals surface area contributed by atoms with Gasteiger partial charge in [-0.2, -0.15) is 9.98 Å². The third-order valence-corrected chi connectivity index (χ3v) is 11.5. The molecule has 0 N–H and O–H groups in total. The molecular formula is C40H46FN4O7P. The van der Waals surface area contributed by atoms with Crippen molar-refractivity contribution in [2.75, 3.05) is 27.9 Å². The third kappa shape index (κ3) is 7.62. The van der Waals surface area contributed by atoms with Gasteiger partial charge in [0.15, 0.2) is 12.0 Å². The van der Waals surface area contributed by atoms with Gasteiger partial charge in [-0.05, 0) is 87.2 Å². The predicted molar refractivity (Wildman–Crippen MR) is 204 cm³/mol. The summed E-state index contributed by atoms with van der Waals surface area (Å²) < 4.78 is 56.7. The first-order valence-corrected chi connectivity index (χ1v) is 18.7. The number of nitrogens with zero attached hydrogens (tertiary/aromatic N) is 4. The first-order chi connectivity index (χ1) is 25.5. The minimum absolute atomic E-state index is 0.0331. The highest BCUT2D eigenvalue weighted by Crippen LogP contribution is 2.50. The minimum atomic E-state index is -1.76. The smallest absolute Gasteiger partial charge is 0.369 e. The summed E-state index contributed by atoms with van der Waals surface area (Å²) in [6.45, 7) is 10.0. The summed E-state index contributed by atoms with van der Waals surface area (Å²) in [6, 6.07) is 22.7. The highest BCUT2D eigenvalue weighted by atomic mass is 31.2. The topological polar surface area (TPSA) is 113 Å². The SMILES string of the molecule is COc1ccc(C(OC[C@H]2OC(C3=NC(=O)N=C4N=CC=C43)[C@H](F)[C@H]2OP(OC)N(C(C)C)C(C)C)(c2ccccc2)c2ccc(OC)cc2C)cc1. The Balaban J connectivity index is 1.46. The fourth-order valence-electron chi connectivity index (χ4n) is 7.16. The predicted octanol–water partition coefficient (Wildman–Crippen LogP) is 7.79. The van der Waals surface area contributed by atoms with E-state index >= 15 is 4.39 Å². The van der Waals surface area contributed by atoms with Crippen molar-refractivity contribution in [2.45, 2.75) is 76.8 Å². The summed E-state index contributed by atoms with van der Waals surface area (Å²) in [6.07, 6.45) is -2.02. The van der Waals surface area contributed by atoms with Gasteiger partial charge in [0.25, 0.3) is 8.53 Å². The number of aryl methyl sites for hydroxylation is 1. The lowest BCUT2D eigenvalue weighted by molar-refractivity contribution is -0.0728. The van der Waals surface area contributed by atoms with Crippen LogP contribution in [0.2, 0.25) is 0 Å². The molecule has 6 atom stereocenters. The highest BCUT2D eigenvalue weighted by molar-refractivity contribution is 7.44. The van der Waals surface area contributed by atoms with E-state index in [1.54, 1.807) is 27.4 Å². The van der Waals surface area contributed by atoms with E-state index < -0.39 is 44.6 Å². The Hall–Kier alpha value is -4.16. The van der Waals surface area contributed by atoms with Gasteiger partial charge in [0.05, 0.1) is 26.5 Å². The van der Waals surface area contributed by atoms with Crippen LogP contribution in [0.3, 0.4) is 0 Å². The van der Waals surface area contributed by atoms with Crippen molar-refractivity contribution in [1.82, 2.24) is 4.67 Å². The maximum Gasteiger partial charge on any atom is 0.369 e. The number of ether oxygens (including phenoxy) is 4. The zero-order chi connectivity index (χ0) is 37.9. The Kier molecular flexibility index (Phi) is 12.0. The Labute approximate surface area is 311 Å². The lowest BCUT2D eigenvalue weighted by Crippen LogP contribution is -2.42. The maximum atomic E-state index is 17.2. The van der Waals surface area contributed by atoms with Crippen molar-refractivity contribution in [3.05, 3.63) is 107 Å². The van der Waals surface area contributed by atoms with Crippen molar-refractivity contribution in [3.8, 4) is 11.5 Å². The van der Waals surface area contributed by atoms with E-state index in [2.05, 4.69) is 19.6 Å². The fraction of sp³-hybridized carbons (Fsp3) is 0.400. The molecule has 2 amide bonds.